The number of nitrogens with zero attached hydrogens (tertiary/aromatic N) is 1. The summed E-state index contributed by atoms with van der Waals surface area (Å²) in [5.74, 6) is -0.154. The van der Waals surface area contributed by atoms with Gasteiger partial charge < -0.3 is 14.0 Å². The molecule has 1 saturated heterocycles. The average Bonchev–Trinajstić information content (AvgIpc) is 2.79. The molecule has 0 radical (unpaired) electrons. The summed E-state index contributed by atoms with van der Waals surface area (Å²) in [6, 6.07) is 11.2. The van der Waals surface area contributed by atoms with Crippen molar-refractivity contribution in [2.75, 3.05) is 6.61 Å². The monoisotopic (exact) mass is 357 g/mol. The predicted molar refractivity (Wildman–Crippen MR) is 101 cm³/mol. The molecule has 1 fully saturated rings. The minimum absolute atomic E-state index is 0.158. The Bertz CT molecular complexity index is 623. The number of carbonyl (C=O) groups excluding carboxylic acids is 1. The highest BCUT2D eigenvalue weighted by Crippen LogP contribution is 2.39. The molecule has 26 heavy (non-hydrogen) atoms. The molecule has 1 aromatic carbocycles. The van der Waals surface area contributed by atoms with Crippen LogP contribution in [0.1, 0.15) is 57.3 Å². The van der Waals surface area contributed by atoms with Crippen LogP contribution in [0, 0.1) is 17.2 Å². The van der Waals surface area contributed by atoms with Crippen LogP contribution in [0.5, 0.6) is 0 Å². The summed E-state index contributed by atoms with van der Waals surface area (Å²) in [6.45, 7) is 8.44. The van der Waals surface area contributed by atoms with E-state index in [2.05, 4.69) is 6.07 Å². The molecule has 0 amide bonds. The summed E-state index contributed by atoms with van der Waals surface area (Å²) in [6.07, 6.45) is 2.62. The third-order valence-electron chi connectivity index (χ3n) is 5.21. The number of hydrogen-bond acceptors (Lipinski definition) is 5. The lowest BCUT2D eigenvalue weighted by molar-refractivity contribution is 0.00578. The fraction of sp³-hybridized carbons (Fsp3) is 0.600. The Balaban J connectivity index is 1.77. The van der Waals surface area contributed by atoms with Crippen molar-refractivity contribution in [2.45, 2.75) is 64.5 Å². The van der Waals surface area contributed by atoms with Crippen LogP contribution in [0.3, 0.4) is 0 Å². The summed E-state index contributed by atoms with van der Waals surface area (Å²) < 4.78 is 17.4. The van der Waals surface area contributed by atoms with Gasteiger partial charge in [0.2, 0.25) is 0 Å². The van der Waals surface area contributed by atoms with Gasteiger partial charge in [0.15, 0.2) is 0 Å². The minimum Gasteiger partial charge on any atom is -0.462 e. The maximum atomic E-state index is 11.9. The van der Waals surface area contributed by atoms with Gasteiger partial charge in [0, 0.05) is 6.42 Å². The van der Waals surface area contributed by atoms with Crippen LogP contribution >= 0.6 is 0 Å². The topological polar surface area (TPSA) is 68.5 Å². The second-order valence-electron chi connectivity index (χ2n) is 7.79. The minimum atomic E-state index is -0.361. The molecule has 1 atom stereocenters. The maximum absolute atomic E-state index is 11.9. The van der Waals surface area contributed by atoms with Gasteiger partial charge in [-0.15, -0.1) is 0 Å². The molecular formula is C20H28BNO4. The summed E-state index contributed by atoms with van der Waals surface area (Å²) in [5.41, 5.74) is -0.168. The molecule has 140 valence electrons. The molecule has 5 nitrogen and oxygen atoms in total. The van der Waals surface area contributed by atoms with Crippen LogP contribution in [0.4, 0.5) is 0 Å². The molecule has 2 rings (SSSR count). The van der Waals surface area contributed by atoms with Crippen LogP contribution in [-0.2, 0) is 14.0 Å². The first-order valence-electron chi connectivity index (χ1n) is 9.20. The van der Waals surface area contributed by atoms with E-state index >= 15 is 0 Å². The van der Waals surface area contributed by atoms with Crippen molar-refractivity contribution in [1.82, 2.24) is 0 Å². The summed E-state index contributed by atoms with van der Waals surface area (Å²) >= 11 is 0. The van der Waals surface area contributed by atoms with Crippen molar-refractivity contribution in [3.63, 3.8) is 0 Å². The van der Waals surface area contributed by atoms with E-state index in [0.29, 0.717) is 31.3 Å². The number of ether oxygens (including phenoxy) is 1. The SMILES string of the molecule is CC1(C)OB(CC(CC#N)CCCOC(=O)c2ccccc2)OC1(C)C. The predicted octanol–water partition coefficient (Wildman–Crippen LogP) is 4.25. The first kappa shape index (κ1) is 20.5. The molecule has 6 heteroatoms. The highest BCUT2D eigenvalue weighted by molar-refractivity contribution is 6.45. The van der Waals surface area contributed by atoms with Crippen molar-refractivity contribution < 1.29 is 18.8 Å². The van der Waals surface area contributed by atoms with Crippen LogP contribution < -0.4 is 0 Å². The average molecular weight is 357 g/mol. The number of benzene rings is 1. The Hall–Kier alpha value is -1.84. The van der Waals surface area contributed by atoms with Crippen LogP contribution in [-0.4, -0.2) is 30.9 Å². The Morgan fingerprint density at radius 2 is 1.81 bits per heavy atom. The molecule has 1 unspecified atom stereocenters. The molecule has 1 aliphatic rings. The number of esters is 1. The highest BCUT2D eigenvalue weighted by atomic mass is 16.7. The Labute approximate surface area is 156 Å². The van der Waals surface area contributed by atoms with Gasteiger partial charge in [0.25, 0.3) is 0 Å². The Kier molecular flexibility index (Phi) is 6.85. The largest absolute Gasteiger partial charge is 0.462 e. The molecule has 1 aliphatic heterocycles. The molecule has 0 spiro atoms. The van der Waals surface area contributed by atoms with E-state index in [1.807, 2.05) is 45.9 Å². The van der Waals surface area contributed by atoms with Gasteiger partial charge in [0.05, 0.1) is 29.4 Å². The van der Waals surface area contributed by atoms with E-state index in [-0.39, 0.29) is 30.2 Å². The zero-order valence-corrected chi connectivity index (χ0v) is 16.2. The molecule has 1 aromatic rings. The van der Waals surface area contributed by atoms with Gasteiger partial charge in [-0.2, -0.15) is 5.26 Å². The van der Waals surface area contributed by atoms with Gasteiger partial charge in [0.1, 0.15) is 0 Å². The first-order valence-corrected chi connectivity index (χ1v) is 9.20. The molecule has 0 bridgehead atoms. The van der Waals surface area contributed by atoms with Gasteiger partial charge in [-0.25, -0.2) is 4.79 Å². The second-order valence-corrected chi connectivity index (χ2v) is 7.79. The smallest absolute Gasteiger partial charge is 0.458 e. The number of rotatable bonds is 8. The van der Waals surface area contributed by atoms with E-state index in [1.165, 1.54) is 0 Å². The van der Waals surface area contributed by atoms with E-state index in [9.17, 15) is 4.79 Å². The van der Waals surface area contributed by atoms with Crippen molar-refractivity contribution in [2.24, 2.45) is 5.92 Å². The highest BCUT2D eigenvalue weighted by Gasteiger charge is 2.51. The summed E-state index contributed by atoms with van der Waals surface area (Å²) in [4.78, 5) is 11.9. The van der Waals surface area contributed by atoms with E-state index in [0.717, 1.165) is 6.42 Å². The van der Waals surface area contributed by atoms with Gasteiger partial charge in [-0.1, -0.05) is 18.2 Å². The quantitative estimate of drug-likeness (QED) is 0.395. The first-order chi connectivity index (χ1) is 12.2. The lowest BCUT2D eigenvalue weighted by Crippen LogP contribution is -2.41. The number of hydrogen-bond donors (Lipinski definition) is 0. The van der Waals surface area contributed by atoms with Crippen molar-refractivity contribution in [3.05, 3.63) is 35.9 Å². The molecule has 0 aliphatic carbocycles. The molecule has 1 heterocycles. The molecule has 0 N–H and O–H groups in total. The molecule has 0 saturated carbocycles. The third-order valence-corrected chi connectivity index (χ3v) is 5.21. The molecule has 0 aromatic heterocycles. The third kappa shape index (κ3) is 5.33. The van der Waals surface area contributed by atoms with Gasteiger partial charge in [-0.3, -0.25) is 0 Å². The Morgan fingerprint density at radius 3 is 2.38 bits per heavy atom. The maximum Gasteiger partial charge on any atom is 0.458 e. The number of nitriles is 1. The zero-order chi connectivity index (χ0) is 19.2. The fourth-order valence-electron chi connectivity index (χ4n) is 2.96. The van der Waals surface area contributed by atoms with Gasteiger partial charge in [-0.05, 0) is 64.9 Å². The molecular weight excluding hydrogens is 329 g/mol. The fourth-order valence-corrected chi connectivity index (χ4v) is 2.96. The van der Waals surface area contributed by atoms with E-state index in [4.69, 9.17) is 19.3 Å². The lowest BCUT2D eigenvalue weighted by atomic mass is 9.75. The lowest BCUT2D eigenvalue weighted by Gasteiger charge is -2.32. The van der Waals surface area contributed by atoms with Crippen LogP contribution in [0.25, 0.3) is 0 Å². The summed E-state index contributed by atoms with van der Waals surface area (Å²) in [7, 11) is -0.301. The second kappa shape index (κ2) is 8.70. The summed E-state index contributed by atoms with van der Waals surface area (Å²) in [5, 5.41) is 9.09. The van der Waals surface area contributed by atoms with Gasteiger partial charge >= 0.3 is 13.1 Å². The standard InChI is InChI=1S/C20H28BNO4/c1-19(2)20(3,4)26-21(25-19)15-16(12-13-22)9-8-14-24-18(23)17-10-6-5-7-11-17/h5-7,10-11,16H,8-9,12,14-15H2,1-4H3. The van der Waals surface area contributed by atoms with Crippen LogP contribution in [0.2, 0.25) is 6.32 Å². The Morgan fingerprint density at radius 1 is 1.19 bits per heavy atom. The zero-order valence-electron chi connectivity index (χ0n) is 16.2. The van der Waals surface area contributed by atoms with Crippen molar-refractivity contribution >= 4 is 13.1 Å². The van der Waals surface area contributed by atoms with E-state index in [1.54, 1.807) is 12.1 Å². The van der Waals surface area contributed by atoms with E-state index < -0.39 is 0 Å². The van der Waals surface area contributed by atoms with Crippen molar-refractivity contribution in [3.8, 4) is 6.07 Å². The van der Waals surface area contributed by atoms with Crippen LogP contribution in [0.15, 0.2) is 30.3 Å². The van der Waals surface area contributed by atoms with Crippen molar-refractivity contribution in [1.29, 1.82) is 5.26 Å². The normalized spacial score (nSPS) is 19.0. The number of carbonyl (C=O) groups is 1.